The van der Waals surface area contributed by atoms with Gasteiger partial charge >= 0.3 is 11.9 Å². The summed E-state index contributed by atoms with van der Waals surface area (Å²) >= 11 is 0. The fraction of sp³-hybridized carbons (Fsp3) is 0.636. The molecule has 152 valence electrons. The third-order valence-electron chi connectivity index (χ3n) is 4.23. The summed E-state index contributed by atoms with van der Waals surface area (Å²) in [4.78, 5) is 24.1. The Morgan fingerprint density at radius 2 is 1.30 bits per heavy atom. The molecule has 0 N–H and O–H groups in total. The average molecular weight is 379 g/mol. The first-order valence-electron chi connectivity index (χ1n) is 10.2. The Kier molecular flexibility index (Phi) is 13.0. The maximum Gasteiger partial charge on any atom is 0.338 e. The molecule has 0 spiro atoms. The van der Waals surface area contributed by atoms with Crippen molar-refractivity contribution >= 4 is 11.9 Å². The third kappa shape index (κ3) is 10.8. The van der Waals surface area contributed by atoms with Crippen LogP contribution in [0.15, 0.2) is 24.3 Å². The summed E-state index contributed by atoms with van der Waals surface area (Å²) in [5.74, 6) is -0.866. The molecule has 0 aliphatic rings. The van der Waals surface area contributed by atoms with Crippen molar-refractivity contribution in [1.29, 1.82) is 0 Å². The van der Waals surface area contributed by atoms with Gasteiger partial charge in [0.25, 0.3) is 0 Å². The van der Waals surface area contributed by atoms with Gasteiger partial charge in [-0.15, -0.1) is 0 Å². The molecule has 5 heteroatoms. The van der Waals surface area contributed by atoms with E-state index in [9.17, 15) is 9.59 Å². The molecule has 0 aromatic heterocycles. The topological polar surface area (TPSA) is 61.8 Å². The van der Waals surface area contributed by atoms with Gasteiger partial charge < -0.3 is 14.2 Å². The third-order valence-corrected chi connectivity index (χ3v) is 4.23. The molecule has 0 heterocycles. The van der Waals surface area contributed by atoms with Crippen LogP contribution >= 0.6 is 0 Å². The van der Waals surface area contributed by atoms with E-state index in [1.807, 2.05) is 6.92 Å². The molecule has 0 amide bonds. The first-order valence-corrected chi connectivity index (χ1v) is 10.2. The maximum absolute atomic E-state index is 12.1. The Morgan fingerprint density at radius 3 is 1.89 bits per heavy atom. The predicted octanol–water partition coefficient (Wildman–Crippen LogP) is 5.18. The molecule has 0 saturated heterocycles. The molecule has 1 rings (SSSR count). The van der Waals surface area contributed by atoms with E-state index in [2.05, 4.69) is 6.92 Å². The molecule has 0 aliphatic heterocycles. The molecule has 1 aromatic carbocycles. The summed E-state index contributed by atoms with van der Waals surface area (Å²) in [5, 5.41) is 0. The summed E-state index contributed by atoms with van der Waals surface area (Å²) in [7, 11) is 0. The van der Waals surface area contributed by atoms with Gasteiger partial charge in [-0.2, -0.15) is 0 Å². The second-order valence-electron chi connectivity index (χ2n) is 6.52. The SMILES string of the molecule is CCCCCCCCCCOC(=O)c1cccc(C(=O)OCCOCC)c1. The number of carbonyl (C=O) groups is 2. The van der Waals surface area contributed by atoms with Crippen molar-refractivity contribution in [2.75, 3.05) is 26.4 Å². The van der Waals surface area contributed by atoms with E-state index in [0.717, 1.165) is 12.8 Å². The summed E-state index contributed by atoms with van der Waals surface area (Å²) in [6.07, 6.45) is 9.58. The van der Waals surface area contributed by atoms with Gasteiger partial charge in [0.05, 0.1) is 24.3 Å². The Labute approximate surface area is 163 Å². The van der Waals surface area contributed by atoms with Crippen molar-refractivity contribution < 1.29 is 23.8 Å². The second kappa shape index (κ2) is 15.2. The van der Waals surface area contributed by atoms with E-state index < -0.39 is 11.9 Å². The Bertz CT molecular complexity index is 541. The molecule has 0 unspecified atom stereocenters. The first-order chi connectivity index (χ1) is 13.2. The summed E-state index contributed by atoms with van der Waals surface area (Å²) in [6, 6.07) is 6.44. The lowest BCUT2D eigenvalue weighted by atomic mass is 10.1. The number of hydrogen-bond acceptors (Lipinski definition) is 5. The molecule has 27 heavy (non-hydrogen) atoms. The van der Waals surface area contributed by atoms with Crippen LogP contribution in [0.1, 0.15) is 85.9 Å². The molecule has 0 bridgehead atoms. The van der Waals surface area contributed by atoms with Gasteiger partial charge in [-0.3, -0.25) is 0 Å². The van der Waals surface area contributed by atoms with E-state index in [-0.39, 0.29) is 6.61 Å². The zero-order valence-corrected chi connectivity index (χ0v) is 16.8. The summed E-state index contributed by atoms with van der Waals surface area (Å²) in [5.41, 5.74) is 0.710. The van der Waals surface area contributed by atoms with Crippen molar-refractivity contribution in [3.05, 3.63) is 35.4 Å². The van der Waals surface area contributed by atoms with Gasteiger partial charge in [-0.25, -0.2) is 9.59 Å². The number of benzene rings is 1. The predicted molar refractivity (Wildman–Crippen MR) is 106 cm³/mol. The highest BCUT2D eigenvalue weighted by atomic mass is 16.6. The lowest BCUT2D eigenvalue weighted by molar-refractivity contribution is 0.0335. The van der Waals surface area contributed by atoms with E-state index in [1.165, 1.54) is 44.6 Å². The average Bonchev–Trinajstić information content (AvgIpc) is 2.69. The van der Waals surface area contributed by atoms with Crippen LogP contribution < -0.4 is 0 Å². The Morgan fingerprint density at radius 1 is 0.741 bits per heavy atom. The van der Waals surface area contributed by atoms with E-state index >= 15 is 0 Å². The molecule has 0 atom stereocenters. The fourth-order valence-electron chi connectivity index (χ4n) is 2.68. The Hall–Kier alpha value is -1.88. The normalized spacial score (nSPS) is 10.6. The van der Waals surface area contributed by atoms with Crippen LogP contribution in [0, 0.1) is 0 Å². The number of unbranched alkanes of at least 4 members (excludes halogenated alkanes) is 7. The largest absolute Gasteiger partial charge is 0.462 e. The lowest BCUT2D eigenvalue weighted by Crippen LogP contribution is -2.12. The van der Waals surface area contributed by atoms with Crippen molar-refractivity contribution in [2.24, 2.45) is 0 Å². The van der Waals surface area contributed by atoms with Crippen LogP contribution in [0.2, 0.25) is 0 Å². The van der Waals surface area contributed by atoms with Gasteiger partial charge in [0.15, 0.2) is 0 Å². The quantitative estimate of drug-likeness (QED) is 0.311. The number of hydrogen-bond donors (Lipinski definition) is 0. The smallest absolute Gasteiger partial charge is 0.338 e. The molecule has 0 saturated carbocycles. The molecule has 5 nitrogen and oxygen atoms in total. The van der Waals surface area contributed by atoms with Gasteiger partial charge in [-0.05, 0) is 31.5 Å². The van der Waals surface area contributed by atoms with Crippen molar-refractivity contribution in [2.45, 2.75) is 65.2 Å². The number of carbonyl (C=O) groups excluding carboxylic acids is 2. The van der Waals surface area contributed by atoms with Gasteiger partial charge in [0, 0.05) is 6.61 Å². The zero-order valence-electron chi connectivity index (χ0n) is 16.8. The lowest BCUT2D eigenvalue weighted by Gasteiger charge is -2.07. The highest BCUT2D eigenvalue weighted by molar-refractivity contribution is 5.95. The minimum Gasteiger partial charge on any atom is -0.462 e. The zero-order chi connectivity index (χ0) is 19.7. The van der Waals surface area contributed by atoms with Gasteiger partial charge in [0.2, 0.25) is 0 Å². The monoisotopic (exact) mass is 378 g/mol. The Balaban J connectivity index is 2.25. The van der Waals surface area contributed by atoms with Crippen molar-refractivity contribution in [3.8, 4) is 0 Å². The van der Waals surface area contributed by atoms with E-state index in [0.29, 0.717) is 30.9 Å². The van der Waals surface area contributed by atoms with Gasteiger partial charge in [-0.1, -0.05) is 57.9 Å². The number of rotatable bonds is 15. The van der Waals surface area contributed by atoms with Crippen LogP contribution in [-0.2, 0) is 14.2 Å². The summed E-state index contributed by atoms with van der Waals surface area (Å²) in [6.45, 7) is 5.65. The summed E-state index contributed by atoms with van der Waals surface area (Å²) < 4.78 is 15.5. The van der Waals surface area contributed by atoms with Crippen LogP contribution in [0.25, 0.3) is 0 Å². The van der Waals surface area contributed by atoms with Crippen LogP contribution in [-0.4, -0.2) is 38.4 Å². The second-order valence-corrected chi connectivity index (χ2v) is 6.52. The van der Waals surface area contributed by atoms with E-state index in [4.69, 9.17) is 14.2 Å². The molecular weight excluding hydrogens is 344 g/mol. The standard InChI is InChI=1S/C22H34O5/c1-3-5-6-7-8-9-10-11-15-26-21(23)19-13-12-14-20(18-19)22(24)27-17-16-25-4-2/h12-14,18H,3-11,15-17H2,1-2H3. The minimum absolute atomic E-state index is 0.194. The molecule has 0 fully saturated rings. The van der Waals surface area contributed by atoms with Crippen molar-refractivity contribution in [3.63, 3.8) is 0 Å². The highest BCUT2D eigenvalue weighted by Crippen LogP contribution is 2.11. The van der Waals surface area contributed by atoms with Crippen molar-refractivity contribution in [1.82, 2.24) is 0 Å². The highest BCUT2D eigenvalue weighted by Gasteiger charge is 2.12. The molecule has 1 aromatic rings. The van der Waals surface area contributed by atoms with E-state index in [1.54, 1.807) is 18.2 Å². The molecule has 0 radical (unpaired) electrons. The molecular formula is C22H34O5. The first kappa shape index (κ1) is 23.2. The minimum atomic E-state index is -0.465. The van der Waals surface area contributed by atoms with Crippen LogP contribution in [0.3, 0.4) is 0 Å². The fourth-order valence-corrected chi connectivity index (χ4v) is 2.68. The van der Waals surface area contributed by atoms with Crippen LogP contribution in [0.4, 0.5) is 0 Å². The van der Waals surface area contributed by atoms with Gasteiger partial charge in [0.1, 0.15) is 6.61 Å². The number of ether oxygens (including phenoxy) is 3. The maximum atomic E-state index is 12.1. The number of esters is 2. The molecule has 0 aliphatic carbocycles. The van der Waals surface area contributed by atoms with Crippen LogP contribution in [0.5, 0.6) is 0 Å².